The van der Waals surface area contributed by atoms with Crippen molar-refractivity contribution in [3.05, 3.63) is 0 Å². The Bertz CT molecular complexity index is 207. The van der Waals surface area contributed by atoms with Crippen molar-refractivity contribution in [2.45, 2.75) is 76.4 Å². The first-order valence-electron chi connectivity index (χ1n) is 7.61. The van der Waals surface area contributed by atoms with E-state index in [1.807, 2.05) is 7.11 Å². The van der Waals surface area contributed by atoms with Gasteiger partial charge in [-0.25, -0.2) is 0 Å². The van der Waals surface area contributed by atoms with Gasteiger partial charge in [-0.2, -0.15) is 0 Å². The van der Waals surface area contributed by atoms with Gasteiger partial charge in [-0.3, -0.25) is 0 Å². The van der Waals surface area contributed by atoms with E-state index in [0.29, 0.717) is 6.10 Å². The molecule has 0 aromatic carbocycles. The number of methoxy groups -OCH3 is 1. The zero-order chi connectivity index (χ0) is 12.1. The Morgan fingerprint density at radius 1 is 0.824 bits per heavy atom. The first kappa shape index (κ1) is 13.4. The van der Waals surface area contributed by atoms with E-state index in [0.717, 1.165) is 11.8 Å². The minimum Gasteiger partial charge on any atom is -0.380 e. The van der Waals surface area contributed by atoms with Crippen molar-refractivity contribution in [3.8, 4) is 0 Å². The fourth-order valence-corrected chi connectivity index (χ4v) is 3.91. The van der Waals surface area contributed by atoms with E-state index in [1.54, 1.807) is 0 Å². The fraction of sp³-hybridized carbons (Fsp3) is 1.00. The number of nitrogens with two attached hydrogens (primary N) is 1. The van der Waals surface area contributed by atoms with Crippen molar-refractivity contribution in [1.82, 2.24) is 0 Å². The van der Waals surface area contributed by atoms with Crippen LogP contribution < -0.4 is 5.73 Å². The van der Waals surface area contributed by atoms with Crippen LogP contribution in [0.15, 0.2) is 0 Å². The van der Waals surface area contributed by atoms with Gasteiger partial charge in [0.1, 0.15) is 0 Å². The summed E-state index contributed by atoms with van der Waals surface area (Å²) >= 11 is 0. The van der Waals surface area contributed by atoms with Crippen LogP contribution in [0.5, 0.6) is 0 Å². The minimum atomic E-state index is 0.281. The highest BCUT2D eigenvalue weighted by Crippen LogP contribution is 2.34. The molecule has 2 nitrogen and oxygen atoms in total. The summed E-state index contributed by atoms with van der Waals surface area (Å²) in [5.41, 5.74) is 6.51. The number of ether oxygens (including phenoxy) is 1. The maximum atomic E-state index is 6.51. The summed E-state index contributed by atoms with van der Waals surface area (Å²) in [6.45, 7) is 0. The third-order valence-electron chi connectivity index (χ3n) is 4.96. The van der Waals surface area contributed by atoms with Gasteiger partial charge < -0.3 is 10.5 Å². The molecule has 0 saturated heterocycles. The third-order valence-corrected chi connectivity index (χ3v) is 4.96. The molecule has 2 heteroatoms. The zero-order valence-electron chi connectivity index (χ0n) is 11.4. The van der Waals surface area contributed by atoms with Crippen LogP contribution >= 0.6 is 0 Å². The van der Waals surface area contributed by atoms with Gasteiger partial charge >= 0.3 is 0 Å². The van der Waals surface area contributed by atoms with Crippen LogP contribution in [0.4, 0.5) is 0 Å². The van der Waals surface area contributed by atoms with Gasteiger partial charge in [0.05, 0.1) is 6.10 Å². The molecular weight excluding hydrogens is 210 g/mol. The van der Waals surface area contributed by atoms with Crippen molar-refractivity contribution in [2.24, 2.45) is 17.6 Å². The van der Waals surface area contributed by atoms with E-state index in [2.05, 4.69) is 0 Å². The molecular formula is C15H29NO. The zero-order valence-corrected chi connectivity index (χ0v) is 11.4. The Hall–Kier alpha value is -0.0800. The van der Waals surface area contributed by atoms with Crippen LogP contribution in [-0.4, -0.2) is 19.3 Å². The first-order valence-corrected chi connectivity index (χ1v) is 7.61. The molecule has 0 spiro atoms. The summed E-state index contributed by atoms with van der Waals surface area (Å²) < 4.78 is 5.78. The van der Waals surface area contributed by atoms with Crippen LogP contribution in [0, 0.1) is 11.8 Å². The molecule has 0 bridgehead atoms. The van der Waals surface area contributed by atoms with E-state index in [1.165, 1.54) is 64.2 Å². The molecule has 2 unspecified atom stereocenters. The monoisotopic (exact) mass is 239 g/mol. The molecule has 2 aliphatic carbocycles. The predicted molar refractivity (Wildman–Crippen MR) is 71.9 cm³/mol. The molecule has 0 aromatic heterocycles. The quantitative estimate of drug-likeness (QED) is 0.815. The van der Waals surface area contributed by atoms with E-state index in [-0.39, 0.29) is 6.04 Å². The van der Waals surface area contributed by atoms with E-state index in [4.69, 9.17) is 10.5 Å². The standard InChI is InChI=1S/C15H29NO/c1-17-15(13-10-6-3-7-11-13)14(16)12-8-4-2-5-9-12/h12-15H,2-11,16H2,1H3. The minimum absolute atomic E-state index is 0.281. The van der Waals surface area contributed by atoms with Gasteiger partial charge in [-0.1, -0.05) is 38.5 Å². The summed E-state index contributed by atoms with van der Waals surface area (Å²) in [5, 5.41) is 0. The van der Waals surface area contributed by atoms with Gasteiger partial charge in [0.25, 0.3) is 0 Å². The molecule has 0 aliphatic heterocycles. The maximum Gasteiger partial charge on any atom is 0.0752 e. The third kappa shape index (κ3) is 3.45. The lowest BCUT2D eigenvalue weighted by molar-refractivity contribution is -0.00131. The topological polar surface area (TPSA) is 35.2 Å². The van der Waals surface area contributed by atoms with E-state index < -0.39 is 0 Å². The maximum absolute atomic E-state index is 6.51. The summed E-state index contributed by atoms with van der Waals surface area (Å²) in [7, 11) is 1.86. The Labute approximate surface area is 106 Å². The van der Waals surface area contributed by atoms with Crippen molar-refractivity contribution < 1.29 is 4.74 Å². The average Bonchev–Trinajstić information content (AvgIpc) is 2.42. The Balaban J connectivity index is 1.90. The van der Waals surface area contributed by atoms with Crippen LogP contribution in [0.2, 0.25) is 0 Å². The van der Waals surface area contributed by atoms with Gasteiger partial charge in [0, 0.05) is 13.2 Å². The normalized spacial score (nSPS) is 27.9. The molecule has 2 saturated carbocycles. The predicted octanol–water partition coefficient (Wildman–Crippen LogP) is 3.49. The molecule has 0 heterocycles. The highest BCUT2D eigenvalue weighted by molar-refractivity contribution is 4.88. The number of hydrogen-bond donors (Lipinski definition) is 1. The highest BCUT2D eigenvalue weighted by atomic mass is 16.5. The summed E-state index contributed by atoms with van der Waals surface area (Å²) in [4.78, 5) is 0. The summed E-state index contributed by atoms with van der Waals surface area (Å²) in [6, 6.07) is 0.281. The second kappa shape index (κ2) is 6.75. The molecule has 2 aliphatic rings. The summed E-state index contributed by atoms with van der Waals surface area (Å²) in [6.07, 6.45) is 14.0. The molecule has 100 valence electrons. The molecule has 0 radical (unpaired) electrons. The fourth-order valence-electron chi connectivity index (χ4n) is 3.91. The van der Waals surface area contributed by atoms with Gasteiger partial charge in [0.15, 0.2) is 0 Å². The molecule has 2 fully saturated rings. The van der Waals surface area contributed by atoms with Crippen LogP contribution in [0.1, 0.15) is 64.2 Å². The van der Waals surface area contributed by atoms with E-state index >= 15 is 0 Å². The lowest BCUT2D eigenvalue weighted by atomic mass is 9.75. The van der Waals surface area contributed by atoms with Crippen molar-refractivity contribution >= 4 is 0 Å². The first-order chi connectivity index (χ1) is 8.33. The van der Waals surface area contributed by atoms with Crippen molar-refractivity contribution in [1.29, 1.82) is 0 Å². The Morgan fingerprint density at radius 3 is 1.76 bits per heavy atom. The van der Waals surface area contributed by atoms with E-state index in [9.17, 15) is 0 Å². The van der Waals surface area contributed by atoms with Crippen molar-refractivity contribution in [3.63, 3.8) is 0 Å². The molecule has 17 heavy (non-hydrogen) atoms. The lowest BCUT2D eigenvalue weighted by Crippen LogP contribution is -2.47. The molecule has 2 rings (SSSR count). The SMILES string of the molecule is COC(C1CCCCC1)C(N)C1CCCCC1. The molecule has 2 N–H and O–H groups in total. The van der Waals surface area contributed by atoms with Crippen molar-refractivity contribution in [2.75, 3.05) is 7.11 Å². The number of hydrogen-bond acceptors (Lipinski definition) is 2. The number of rotatable bonds is 4. The van der Waals surface area contributed by atoms with Crippen LogP contribution in [0.25, 0.3) is 0 Å². The smallest absolute Gasteiger partial charge is 0.0752 e. The largest absolute Gasteiger partial charge is 0.380 e. The Kier molecular flexibility index (Phi) is 5.30. The second-order valence-corrected chi connectivity index (χ2v) is 6.07. The van der Waals surface area contributed by atoms with Gasteiger partial charge in [-0.15, -0.1) is 0 Å². The van der Waals surface area contributed by atoms with Gasteiger partial charge in [0.2, 0.25) is 0 Å². The molecule has 0 amide bonds. The Morgan fingerprint density at radius 2 is 1.29 bits per heavy atom. The van der Waals surface area contributed by atoms with Crippen LogP contribution in [0.3, 0.4) is 0 Å². The van der Waals surface area contributed by atoms with Crippen LogP contribution in [-0.2, 0) is 4.74 Å². The second-order valence-electron chi connectivity index (χ2n) is 6.07. The average molecular weight is 239 g/mol. The van der Waals surface area contributed by atoms with Gasteiger partial charge in [-0.05, 0) is 37.5 Å². The molecule has 0 aromatic rings. The lowest BCUT2D eigenvalue weighted by Gasteiger charge is -2.38. The molecule has 2 atom stereocenters. The summed E-state index contributed by atoms with van der Waals surface area (Å²) in [5.74, 6) is 1.45. The highest BCUT2D eigenvalue weighted by Gasteiger charge is 2.33.